The normalized spacial score (nSPS) is 22.0. The van der Waals surface area contributed by atoms with Crippen LogP contribution in [0.1, 0.15) is 52.0 Å². The van der Waals surface area contributed by atoms with E-state index >= 15 is 0 Å². The third kappa shape index (κ3) is 4.02. The SMILES string of the molecule is CC1CCN(CC2(Cc3cccc(S(=O)(=O)C(C)C)c3)CC2)CC1. The molecule has 0 spiro atoms. The summed E-state index contributed by atoms with van der Waals surface area (Å²) in [6.07, 6.45) is 6.21. The molecule has 1 heterocycles. The zero-order valence-electron chi connectivity index (χ0n) is 15.3. The fourth-order valence-corrected chi connectivity index (χ4v) is 4.93. The maximum Gasteiger partial charge on any atom is 0.180 e. The average Bonchev–Trinajstić information content (AvgIpc) is 3.29. The summed E-state index contributed by atoms with van der Waals surface area (Å²) in [6.45, 7) is 9.49. The number of hydrogen-bond donors (Lipinski definition) is 0. The van der Waals surface area contributed by atoms with Crippen LogP contribution in [-0.2, 0) is 16.3 Å². The van der Waals surface area contributed by atoms with Gasteiger partial charge in [-0.15, -0.1) is 0 Å². The molecule has 0 aromatic heterocycles. The summed E-state index contributed by atoms with van der Waals surface area (Å²) in [5, 5.41) is -0.363. The van der Waals surface area contributed by atoms with Gasteiger partial charge in [-0.25, -0.2) is 8.42 Å². The van der Waals surface area contributed by atoms with E-state index < -0.39 is 9.84 Å². The maximum absolute atomic E-state index is 12.4. The predicted octanol–water partition coefficient (Wildman–Crippen LogP) is 3.92. The summed E-state index contributed by atoms with van der Waals surface area (Å²) >= 11 is 0. The van der Waals surface area contributed by atoms with Crippen LogP contribution in [0.3, 0.4) is 0 Å². The van der Waals surface area contributed by atoms with Crippen molar-refractivity contribution in [3.05, 3.63) is 29.8 Å². The summed E-state index contributed by atoms with van der Waals surface area (Å²) in [4.78, 5) is 3.11. The van der Waals surface area contributed by atoms with Crippen molar-refractivity contribution in [2.24, 2.45) is 11.3 Å². The number of benzene rings is 1. The van der Waals surface area contributed by atoms with Crippen molar-refractivity contribution in [1.82, 2.24) is 4.90 Å². The van der Waals surface area contributed by atoms with Gasteiger partial charge in [-0.3, -0.25) is 0 Å². The summed E-state index contributed by atoms with van der Waals surface area (Å²) in [5.41, 5.74) is 1.57. The number of rotatable bonds is 6. The third-order valence-corrected chi connectivity index (χ3v) is 7.97. The molecular weight excluding hydrogens is 318 g/mol. The second kappa shape index (κ2) is 6.80. The highest BCUT2D eigenvalue weighted by molar-refractivity contribution is 7.92. The molecule has 2 aliphatic rings. The summed E-state index contributed by atoms with van der Waals surface area (Å²) < 4.78 is 24.8. The van der Waals surface area contributed by atoms with Crippen LogP contribution in [0.4, 0.5) is 0 Å². The van der Waals surface area contributed by atoms with E-state index in [0.717, 1.165) is 12.3 Å². The zero-order chi connectivity index (χ0) is 17.4. The van der Waals surface area contributed by atoms with Gasteiger partial charge in [0.25, 0.3) is 0 Å². The Morgan fingerprint density at radius 1 is 1.21 bits per heavy atom. The van der Waals surface area contributed by atoms with Gasteiger partial charge in [0, 0.05) is 6.54 Å². The molecule has 0 atom stereocenters. The third-order valence-electron chi connectivity index (χ3n) is 5.82. The second-order valence-corrected chi connectivity index (χ2v) is 10.9. The molecule has 0 unspecified atom stereocenters. The Morgan fingerprint density at radius 3 is 2.46 bits per heavy atom. The van der Waals surface area contributed by atoms with Crippen molar-refractivity contribution in [3.8, 4) is 0 Å². The molecule has 4 heteroatoms. The number of sulfone groups is 1. The van der Waals surface area contributed by atoms with Gasteiger partial charge in [0.15, 0.2) is 9.84 Å². The van der Waals surface area contributed by atoms with Gasteiger partial charge in [-0.05, 0) is 88.1 Å². The topological polar surface area (TPSA) is 37.4 Å². The van der Waals surface area contributed by atoms with Crippen LogP contribution in [-0.4, -0.2) is 38.2 Å². The lowest BCUT2D eigenvalue weighted by atomic mass is 9.93. The highest BCUT2D eigenvalue weighted by Crippen LogP contribution is 2.49. The molecule has 1 aromatic rings. The number of nitrogens with zero attached hydrogens (tertiary/aromatic N) is 1. The van der Waals surface area contributed by atoms with Crippen LogP contribution in [0.5, 0.6) is 0 Å². The van der Waals surface area contributed by atoms with Gasteiger partial charge in [0.1, 0.15) is 0 Å². The van der Waals surface area contributed by atoms with Crippen molar-refractivity contribution in [2.45, 2.75) is 63.0 Å². The molecule has 24 heavy (non-hydrogen) atoms. The molecule has 1 saturated heterocycles. The first-order valence-corrected chi connectivity index (χ1v) is 10.9. The van der Waals surface area contributed by atoms with Crippen LogP contribution in [0, 0.1) is 11.3 Å². The minimum Gasteiger partial charge on any atom is -0.303 e. The van der Waals surface area contributed by atoms with Gasteiger partial charge in [0.05, 0.1) is 10.1 Å². The fourth-order valence-electron chi connectivity index (χ4n) is 3.80. The van der Waals surface area contributed by atoms with E-state index in [9.17, 15) is 8.42 Å². The monoisotopic (exact) mass is 349 g/mol. The van der Waals surface area contributed by atoms with Gasteiger partial charge >= 0.3 is 0 Å². The van der Waals surface area contributed by atoms with Crippen LogP contribution < -0.4 is 0 Å². The smallest absolute Gasteiger partial charge is 0.180 e. The molecule has 134 valence electrons. The standard InChI is InChI=1S/C20H31NO2S/c1-16(2)24(22,23)19-6-4-5-18(13-19)14-20(9-10-20)15-21-11-7-17(3)8-12-21/h4-6,13,16-17H,7-12,14-15H2,1-3H3. The summed E-state index contributed by atoms with van der Waals surface area (Å²) in [6, 6.07) is 7.65. The molecule has 1 saturated carbocycles. The van der Waals surface area contributed by atoms with Crippen LogP contribution in [0.25, 0.3) is 0 Å². The number of hydrogen-bond acceptors (Lipinski definition) is 3. The van der Waals surface area contributed by atoms with E-state index in [4.69, 9.17) is 0 Å². The van der Waals surface area contributed by atoms with Gasteiger partial charge < -0.3 is 4.90 Å². The van der Waals surface area contributed by atoms with Gasteiger partial charge in [0.2, 0.25) is 0 Å². The van der Waals surface area contributed by atoms with E-state index in [2.05, 4.69) is 17.9 Å². The Bertz CT molecular complexity index is 669. The minimum atomic E-state index is -3.18. The van der Waals surface area contributed by atoms with E-state index in [1.807, 2.05) is 12.1 Å². The molecule has 1 aliphatic carbocycles. The lowest BCUT2D eigenvalue weighted by Gasteiger charge is -2.33. The Balaban J connectivity index is 1.68. The first-order valence-electron chi connectivity index (χ1n) is 9.36. The van der Waals surface area contributed by atoms with Crippen molar-refractivity contribution in [2.75, 3.05) is 19.6 Å². The van der Waals surface area contributed by atoms with Crippen LogP contribution in [0.2, 0.25) is 0 Å². The molecule has 3 nitrogen and oxygen atoms in total. The van der Waals surface area contributed by atoms with Crippen molar-refractivity contribution in [1.29, 1.82) is 0 Å². The molecule has 0 radical (unpaired) electrons. The van der Waals surface area contributed by atoms with E-state index in [-0.39, 0.29) is 5.25 Å². The second-order valence-electron chi connectivity index (χ2n) is 8.38. The molecule has 1 aromatic carbocycles. The largest absolute Gasteiger partial charge is 0.303 e. The highest BCUT2D eigenvalue weighted by atomic mass is 32.2. The average molecular weight is 350 g/mol. The van der Waals surface area contributed by atoms with E-state index in [0.29, 0.717) is 10.3 Å². The Hall–Kier alpha value is -0.870. The molecule has 3 rings (SSSR count). The van der Waals surface area contributed by atoms with Crippen LogP contribution in [0.15, 0.2) is 29.2 Å². The van der Waals surface area contributed by atoms with Gasteiger partial charge in [-0.1, -0.05) is 19.1 Å². The predicted molar refractivity (Wildman–Crippen MR) is 99.0 cm³/mol. The minimum absolute atomic E-state index is 0.363. The lowest BCUT2D eigenvalue weighted by molar-refractivity contribution is 0.159. The Morgan fingerprint density at radius 2 is 1.88 bits per heavy atom. The molecule has 0 N–H and O–H groups in total. The maximum atomic E-state index is 12.4. The first-order chi connectivity index (χ1) is 11.3. The van der Waals surface area contributed by atoms with Crippen molar-refractivity contribution in [3.63, 3.8) is 0 Å². The number of piperidine rings is 1. The lowest BCUT2D eigenvalue weighted by Crippen LogP contribution is -2.37. The Kier molecular flexibility index (Phi) is 5.08. The van der Waals surface area contributed by atoms with E-state index in [1.54, 1.807) is 19.9 Å². The molecule has 2 fully saturated rings. The fraction of sp³-hybridized carbons (Fsp3) is 0.700. The van der Waals surface area contributed by atoms with Crippen LogP contribution >= 0.6 is 0 Å². The van der Waals surface area contributed by atoms with Crippen molar-refractivity contribution >= 4 is 9.84 Å². The quantitative estimate of drug-likeness (QED) is 0.781. The molecule has 0 amide bonds. The Labute approximate surface area is 147 Å². The highest BCUT2D eigenvalue weighted by Gasteiger charge is 2.44. The van der Waals surface area contributed by atoms with Gasteiger partial charge in [-0.2, -0.15) is 0 Å². The number of likely N-dealkylation sites (tertiary alicyclic amines) is 1. The molecule has 1 aliphatic heterocycles. The molecule has 0 bridgehead atoms. The van der Waals surface area contributed by atoms with E-state index in [1.165, 1.54) is 50.9 Å². The zero-order valence-corrected chi connectivity index (χ0v) is 16.1. The molecular formula is C20H31NO2S. The summed E-state index contributed by atoms with van der Waals surface area (Å²) in [5.74, 6) is 0.870. The van der Waals surface area contributed by atoms with Crippen molar-refractivity contribution < 1.29 is 8.42 Å². The summed E-state index contributed by atoms with van der Waals surface area (Å²) in [7, 11) is -3.18. The first kappa shape index (κ1) is 17.9.